The third-order valence-corrected chi connectivity index (χ3v) is 6.06. The molecule has 0 radical (unpaired) electrons. The predicted molar refractivity (Wildman–Crippen MR) is 95.2 cm³/mol. The summed E-state index contributed by atoms with van der Waals surface area (Å²) in [5, 5.41) is -0.149. The fraction of sp³-hybridized carbons (Fsp3) is 0.556. The molecule has 1 saturated carbocycles. The monoisotopic (exact) mass is 370 g/mol. The molecule has 4 nitrogen and oxygen atoms in total. The molecule has 0 aliphatic heterocycles. The van der Waals surface area contributed by atoms with Crippen molar-refractivity contribution in [2.45, 2.75) is 42.2 Å². The molecule has 0 saturated heterocycles. The molecule has 4 atom stereocenters. The number of alkyl halides is 1. The molecular weight excluding hydrogens is 348 g/mol. The number of benzene rings is 1. The Morgan fingerprint density at radius 3 is 2.12 bits per heavy atom. The topological polar surface area (TPSA) is 52.6 Å². The lowest BCUT2D eigenvalue weighted by molar-refractivity contribution is -0.162. The molecule has 0 unspecified atom stereocenters. The highest BCUT2D eigenvalue weighted by Crippen LogP contribution is 2.42. The largest absolute Gasteiger partial charge is 0.466 e. The Morgan fingerprint density at radius 2 is 1.58 bits per heavy atom. The highest BCUT2D eigenvalue weighted by Gasteiger charge is 2.45. The average Bonchev–Trinajstić information content (AvgIpc) is 2.57. The minimum atomic E-state index is -0.529. The van der Waals surface area contributed by atoms with Crippen LogP contribution >= 0.6 is 23.4 Å². The number of esters is 2. The molecule has 132 valence electrons. The van der Waals surface area contributed by atoms with Crippen LogP contribution in [0.25, 0.3) is 0 Å². The van der Waals surface area contributed by atoms with Gasteiger partial charge in [0.2, 0.25) is 0 Å². The zero-order valence-corrected chi connectivity index (χ0v) is 15.5. The second-order valence-corrected chi connectivity index (χ2v) is 7.55. The summed E-state index contributed by atoms with van der Waals surface area (Å²) in [6.07, 6.45) is 0.935. The van der Waals surface area contributed by atoms with Crippen LogP contribution in [0.2, 0.25) is 0 Å². The second-order valence-electron chi connectivity index (χ2n) is 5.67. The summed E-state index contributed by atoms with van der Waals surface area (Å²) < 4.78 is 10.3. The first-order chi connectivity index (χ1) is 11.6. The zero-order valence-electron chi connectivity index (χ0n) is 13.9. The quantitative estimate of drug-likeness (QED) is 0.561. The van der Waals surface area contributed by atoms with Gasteiger partial charge in [-0.2, -0.15) is 0 Å². The maximum Gasteiger partial charge on any atom is 0.309 e. The maximum atomic E-state index is 12.3. The van der Waals surface area contributed by atoms with Gasteiger partial charge in [0, 0.05) is 15.5 Å². The van der Waals surface area contributed by atoms with Crippen LogP contribution in [-0.4, -0.2) is 35.8 Å². The number of halogens is 1. The minimum absolute atomic E-state index is 0.0501. The number of carbonyl (C=O) groups excluding carboxylic acids is 2. The van der Waals surface area contributed by atoms with E-state index in [4.69, 9.17) is 21.1 Å². The molecule has 1 fully saturated rings. The molecule has 24 heavy (non-hydrogen) atoms. The maximum absolute atomic E-state index is 12.3. The van der Waals surface area contributed by atoms with Crippen LogP contribution in [0.4, 0.5) is 0 Å². The number of hydrogen-bond donors (Lipinski definition) is 0. The Bertz CT molecular complexity index is 551. The van der Waals surface area contributed by atoms with Crippen molar-refractivity contribution in [3.63, 3.8) is 0 Å². The van der Waals surface area contributed by atoms with Crippen LogP contribution in [0.5, 0.6) is 0 Å². The third kappa shape index (κ3) is 4.90. The number of ether oxygens (including phenoxy) is 2. The standard InChI is InChI=1S/C18H23ClO4S/c1-3-22-17(20)13-10-15(19)16(11-14(13)18(21)23-4-2)24-12-8-6-5-7-9-12/h5-9,13-16H,3-4,10-11H2,1-2H3/t13-,14+,15+,16+/m1/s1. The molecule has 1 aromatic rings. The normalized spacial score (nSPS) is 26.6. The van der Waals surface area contributed by atoms with Crippen molar-refractivity contribution in [3.05, 3.63) is 30.3 Å². The van der Waals surface area contributed by atoms with E-state index in [2.05, 4.69) is 0 Å². The first kappa shape index (κ1) is 19.1. The fourth-order valence-electron chi connectivity index (χ4n) is 2.94. The smallest absolute Gasteiger partial charge is 0.309 e. The summed E-state index contributed by atoms with van der Waals surface area (Å²) in [6.45, 7) is 4.11. The average molecular weight is 371 g/mol. The molecule has 0 bridgehead atoms. The van der Waals surface area contributed by atoms with E-state index in [9.17, 15) is 9.59 Å². The Kier molecular flexibility index (Phi) is 7.43. The van der Waals surface area contributed by atoms with Crippen LogP contribution < -0.4 is 0 Å². The number of rotatable bonds is 6. The summed E-state index contributed by atoms with van der Waals surface area (Å²) in [7, 11) is 0. The van der Waals surface area contributed by atoms with Crippen molar-refractivity contribution in [2.24, 2.45) is 11.8 Å². The lowest BCUT2D eigenvalue weighted by atomic mass is 9.78. The van der Waals surface area contributed by atoms with Gasteiger partial charge < -0.3 is 9.47 Å². The van der Waals surface area contributed by atoms with Gasteiger partial charge in [-0.15, -0.1) is 23.4 Å². The van der Waals surface area contributed by atoms with Gasteiger partial charge in [0.05, 0.1) is 25.0 Å². The highest BCUT2D eigenvalue weighted by molar-refractivity contribution is 8.00. The Balaban J connectivity index is 2.14. The zero-order chi connectivity index (χ0) is 17.5. The Labute approximate surface area is 152 Å². The number of carbonyl (C=O) groups is 2. The van der Waals surface area contributed by atoms with Crippen LogP contribution in [0, 0.1) is 11.8 Å². The van der Waals surface area contributed by atoms with Crippen molar-refractivity contribution < 1.29 is 19.1 Å². The van der Waals surface area contributed by atoms with E-state index in [0.29, 0.717) is 26.1 Å². The fourth-order valence-corrected chi connectivity index (χ4v) is 4.61. The van der Waals surface area contributed by atoms with Crippen LogP contribution in [0.1, 0.15) is 26.7 Å². The highest BCUT2D eigenvalue weighted by atomic mass is 35.5. The Morgan fingerprint density at radius 1 is 1.04 bits per heavy atom. The molecule has 6 heteroatoms. The molecular formula is C18H23ClO4S. The van der Waals surface area contributed by atoms with Gasteiger partial charge in [0.25, 0.3) is 0 Å². The van der Waals surface area contributed by atoms with Crippen LogP contribution in [0.15, 0.2) is 35.2 Å². The van der Waals surface area contributed by atoms with Gasteiger partial charge in [-0.1, -0.05) is 18.2 Å². The first-order valence-corrected chi connectivity index (χ1v) is 9.57. The summed E-state index contributed by atoms with van der Waals surface area (Å²) in [4.78, 5) is 25.7. The van der Waals surface area contributed by atoms with Gasteiger partial charge in [-0.05, 0) is 38.8 Å². The van der Waals surface area contributed by atoms with Crippen LogP contribution in [0.3, 0.4) is 0 Å². The molecule has 0 amide bonds. The first-order valence-electron chi connectivity index (χ1n) is 8.25. The van der Waals surface area contributed by atoms with E-state index in [1.807, 2.05) is 30.3 Å². The number of hydrogen-bond acceptors (Lipinski definition) is 5. The molecule has 2 rings (SSSR count). The molecule has 0 heterocycles. The van der Waals surface area contributed by atoms with E-state index in [-0.39, 0.29) is 22.6 Å². The lowest BCUT2D eigenvalue weighted by Gasteiger charge is -2.36. The van der Waals surface area contributed by atoms with Gasteiger partial charge in [0.1, 0.15) is 0 Å². The molecule has 0 N–H and O–H groups in total. The van der Waals surface area contributed by atoms with E-state index in [1.165, 1.54) is 0 Å². The number of thioether (sulfide) groups is 1. The van der Waals surface area contributed by atoms with Crippen molar-refractivity contribution >= 4 is 35.3 Å². The van der Waals surface area contributed by atoms with Crippen molar-refractivity contribution in [1.29, 1.82) is 0 Å². The molecule has 1 aliphatic rings. The SMILES string of the molecule is CCOC(=O)[C@H]1C[C@H](Sc2ccccc2)[C@@H](Cl)C[C@H]1C(=O)OCC. The van der Waals surface area contributed by atoms with Crippen LogP contribution in [-0.2, 0) is 19.1 Å². The van der Waals surface area contributed by atoms with Gasteiger partial charge in [0.15, 0.2) is 0 Å². The van der Waals surface area contributed by atoms with E-state index >= 15 is 0 Å². The van der Waals surface area contributed by atoms with E-state index in [1.54, 1.807) is 25.6 Å². The summed E-state index contributed by atoms with van der Waals surface area (Å²) in [5.41, 5.74) is 0. The summed E-state index contributed by atoms with van der Waals surface area (Å²) in [5.74, 6) is -1.72. The molecule has 0 aromatic heterocycles. The van der Waals surface area contributed by atoms with Crippen molar-refractivity contribution in [3.8, 4) is 0 Å². The third-order valence-electron chi connectivity index (χ3n) is 4.06. The van der Waals surface area contributed by atoms with Crippen molar-refractivity contribution in [2.75, 3.05) is 13.2 Å². The molecule has 1 aromatic carbocycles. The Hall–Kier alpha value is -1.20. The molecule has 1 aliphatic carbocycles. The minimum Gasteiger partial charge on any atom is -0.466 e. The summed E-state index contributed by atoms with van der Waals surface area (Å²) in [6, 6.07) is 9.94. The molecule has 0 spiro atoms. The van der Waals surface area contributed by atoms with Gasteiger partial charge in [-0.3, -0.25) is 9.59 Å². The van der Waals surface area contributed by atoms with Gasteiger partial charge >= 0.3 is 11.9 Å². The predicted octanol–water partition coefficient (Wildman–Crippen LogP) is 3.91. The van der Waals surface area contributed by atoms with Gasteiger partial charge in [-0.25, -0.2) is 0 Å². The van der Waals surface area contributed by atoms with Crippen molar-refractivity contribution in [1.82, 2.24) is 0 Å². The van der Waals surface area contributed by atoms with E-state index in [0.717, 1.165) is 4.90 Å². The second kappa shape index (κ2) is 9.33. The summed E-state index contributed by atoms with van der Waals surface area (Å²) >= 11 is 8.19. The van der Waals surface area contributed by atoms with E-state index < -0.39 is 11.8 Å². The lowest BCUT2D eigenvalue weighted by Crippen LogP contribution is -2.43.